The maximum Gasteiger partial charge on any atom is 0.324 e. The SMILES string of the molecule is C=C[C@@H]1CCCC[C@]1(N)C(=O)O. The fourth-order valence-electron chi connectivity index (χ4n) is 1.82. The van der Waals surface area contributed by atoms with Crippen LogP contribution in [-0.2, 0) is 4.79 Å². The summed E-state index contributed by atoms with van der Waals surface area (Å²) >= 11 is 0. The van der Waals surface area contributed by atoms with Gasteiger partial charge < -0.3 is 10.8 Å². The number of carboxylic acid groups (broad SMARTS) is 1. The predicted molar refractivity (Wildman–Crippen MR) is 46.7 cm³/mol. The van der Waals surface area contributed by atoms with Crippen LogP contribution < -0.4 is 5.73 Å². The standard InChI is InChI=1S/C9H15NO2/c1-2-7-5-3-4-6-9(7,10)8(11)12/h2,7H,1,3-6,10H2,(H,11,12)/t7-,9-/m1/s1. The first-order chi connectivity index (χ1) is 5.61. The van der Waals surface area contributed by atoms with Gasteiger partial charge in [0.25, 0.3) is 0 Å². The Hall–Kier alpha value is -0.830. The van der Waals surface area contributed by atoms with Gasteiger partial charge in [0.15, 0.2) is 0 Å². The van der Waals surface area contributed by atoms with Crippen LogP contribution in [0.3, 0.4) is 0 Å². The van der Waals surface area contributed by atoms with Crippen molar-refractivity contribution in [2.75, 3.05) is 0 Å². The van der Waals surface area contributed by atoms with E-state index in [4.69, 9.17) is 10.8 Å². The number of nitrogens with two attached hydrogens (primary N) is 1. The summed E-state index contributed by atoms with van der Waals surface area (Å²) in [4.78, 5) is 10.9. The molecule has 0 aliphatic heterocycles. The topological polar surface area (TPSA) is 63.3 Å². The van der Waals surface area contributed by atoms with Crippen LogP contribution in [0.2, 0.25) is 0 Å². The second kappa shape index (κ2) is 3.27. The molecule has 0 aromatic rings. The van der Waals surface area contributed by atoms with Gasteiger partial charge in [-0.3, -0.25) is 4.79 Å². The molecule has 1 rings (SSSR count). The summed E-state index contributed by atoms with van der Waals surface area (Å²) in [6.07, 6.45) is 5.06. The molecule has 12 heavy (non-hydrogen) atoms. The van der Waals surface area contributed by atoms with Crippen LogP contribution in [0.4, 0.5) is 0 Å². The molecule has 0 bridgehead atoms. The van der Waals surface area contributed by atoms with Crippen LogP contribution in [0.1, 0.15) is 25.7 Å². The van der Waals surface area contributed by atoms with Gasteiger partial charge in [0.05, 0.1) is 0 Å². The highest BCUT2D eigenvalue weighted by molar-refractivity contribution is 5.79. The fraction of sp³-hybridized carbons (Fsp3) is 0.667. The number of hydrogen-bond donors (Lipinski definition) is 2. The number of hydrogen-bond acceptors (Lipinski definition) is 2. The highest BCUT2D eigenvalue weighted by Crippen LogP contribution is 2.32. The molecule has 68 valence electrons. The molecule has 0 amide bonds. The molecule has 0 spiro atoms. The van der Waals surface area contributed by atoms with Gasteiger partial charge in [-0.15, -0.1) is 6.58 Å². The smallest absolute Gasteiger partial charge is 0.324 e. The Kier molecular flexibility index (Phi) is 2.52. The molecule has 1 aliphatic rings. The summed E-state index contributed by atoms with van der Waals surface area (Å²) in [5, 5.41) is 8.93. The summed E-state index contributed by atoms with van der Waals surface area (Å²) in [7, 11) is 0. The lowest BCUT2D eigenvalue weighted by Crippen LogP contribution is -2.55. The minimum atomic E-state index is -1.06. The van der Waals surface area contributed by atoms with Gasteiger partial charge in [0.1, 0.15) is 5.54 Å². The quantitative estimate of drug-likeness (QED) is 0.609. The molecule has 0 saturated heterocycles. The third-order valence-corrected chi connectivity index (χ3v) is 2.70. The summed E-state index contributed by atoms with van der Waals surface area (Å²) < 4.78 is 0. The first kappa shape index (κ1) is 9.26. The van der Waals surface area contributed by atoms with Gasteiger partial charge in [0, 0.05) is 5.92 Å². The molecule has 1 fully saturated rings. The second-order valence-electron chi connectivity index (χ2n) is 3.43. The summed E-state index contributed by atoms with van der Waals surface area (Å²) in [6.45, 7) is 3.62. The molecular formula is C9H15NO2. The number of carboxylic acids is 1. The van der Waals surface area contributed by atoms with Crippen LogP contribution in [0.15, 0.2) is 12.7 Å². The summed E-state index contributed by atoms with van der Waals surface area (Å²) in [6, 6.07) is 0. The van der Waals surface area contributed by atoms with Crippen molar-refractivity contribution in [3.63, 3.8) is 0 Å². The van der Waals surface area contributed by atoms with E-state index in [1.807, 2.05) is 0 Å². The largest absolute Gasteiger partial charge is 0.480 e. The minimum absolute atomic E-state index is 0.0660. The first-order valence-corrected chi connectivity index (χ1v) is 4.26. The van der Waals surface area contributed by atoms with Crippen LogP contribution in [0.5, 0.6) is 0 Å². The van der Waals surface area contributed by atoms with E-state index in [9.17, 15) is 4.79 Å². The predicted octanol–water partition coefficient (Wildman–Crippen LogP) is 1.14. The Labute approximate surface area is 72.3 Å². The van der Waals surface area contributed by atoms with Gasteiger partial charge in [-0.2, -0.15) is 0 Å². The van der Waals surface area contributed by atoms with Crippen molar-refractivity contribution in [1.29, 1.82) is 0 Å². The maximum atomic E-state index is 10.9. The van der Waals surface area contributed by atoms with Crippen molar-refractivity contribution >= 4 is 5.97 Å². The Morgan fingerprint density at radius 2 is 2.33 bits per heavy atom. The van der Waals surface area contributed by atoms with E-state index in [2.05, 4.69) is 6.58 Å². The average molecular weight is 169 g/mol. The van der Waals surface area contributed by atoms with Crippen LogP contribution in [-0.4, -0.2) is 16.6 Å². The molecule has 1 saturated carbocycles. The molecule has 0 heterocycles. The first-order valence-electron chi connectivity index (χ1n) is 4.26. The van der Waals surface area contributed by atoms with Crippen molar-refractivity contribution in [3.05, 3.63) is 12.7 Å². The molecule has 0 radical (unpaired) electrons. The van der Waals surface area contributed by atoms with Crippen molar-refractivity contribution in [2.24, 2.45) is 11.7 Å². The Bertz CT molecular complexity index is 203. The molecule has 3 heteroatoms. The maximum absolute atomic E-state index is 10.9. The zero-order valence-electron chi connectivity index (χ0n) is 7.12. The van der Waals surface area contributed by atoms with Gasteiger partial charge in [0.2, 0.25) is 0 Å². The second-order valence-corrected chi connectivity index (χ2v) is 3.43. The molecule has 0 aromatic heterocycles. The Morgan fingerprint density at radius 1 is 1.67 bits per heavy atom. The molecule has 1 aliphatic carbocycles. The van der Waals surface area contributed by atoms with Gasteiger partial charge in [-0.05, 0) is 12.8 Å². The van der Waals surface area contributed by atoms with E-state index >= 15 is 0 Å². The lowest BCUT2D eigenvalue weighted by Gasteiger charge is -2.35. The Morgan fingerprint density at radius 3 is 2.75 bits per heavy atom. The van der Waals surface area contributed by atoms with Crippen molar-refractivity contribution in [2.45, 2.75) is 31.2 Å². The summed E-state index contributed by atoms with van der Waals surface area (Å²) in [5.74, 6) is -0.962. The van der Waals surface area contributed by atoms with Crippen molar-refractivity contribution < 1.29 is 9.90 Å². The highest BCUT2D eigenvalue weighted by atomic mass is 16.4. The van der Waals surface area contributed by atoms with E-state index in [1.165, 1.54) is 0 Å². The van der Waals surface area contributed by atoms with Gasteiger partial charge >= 0.3 is 5.97 Å². The van der Waals surface area contributed by atoms with E-state index in [0.717, 1.165) is 19.3 Å². The molecule has 3 N–H and O–H groups in total. The van der Waals surface area contributed by atoms with E-state index < -0.39 is 11.5 Å². The molecule has 0 aromatic carbocycles. The molecule has 2 atom stereocenters. The highest BCUT2D eigenvalue weighted by Gasteiger charge is 2.42. The third-order valence-electron chi connectivity index (χ3n) is 2.70. The van der Waals surface area contributed by atoms with Gasteiger partial charge in [-0.25, -0.2) is 0 Å². The van der Waals surface area contributed by atoms with Crippen LogP contribution >= 0.6 is 0 Å². The van der Waals surface area contributed by atoms with Crippen molar-refractivity contribution in [1.82, 2.24) is 0 Å². The molecule has 0 unspecified atom stereocenters. The van der Waals surface area contributed by atoms with Gasteiger partial charge in [-0.1, -0.05) is 18.9 Å². The van der Waals surface area contributed by atoms with Crippen LogP contribution in [0, 0.1) is 5.92 Å². The zero-order valence-corrected chi connectivity index (χ0v) is 7.12. The third kappa shape index (κ3) is 1.37. The molecular weight excluding hydrogens is 154 g/mol. The number of rotatable bonds is 2. The van der Waals surface area contributed by atoms with Crippen molar-refractivity contribution in [3.8, 4) is 0 Å². The lowest BCUT2D eigenvalue weighted by molar-refractivity contribution is -0.146. The average Bonchev–Trinajstić information content (AvgIpc) is 2.05. The van der Waals surface area contributed by atoms with Crippen LogP contribution in [0.25, 0.3) is 0 Å². The summed E-state index contributed by atoms with van der Waals surface area (Å²) in [5.41, 5.74) is 4.73. The normalized spacial score (nSPS) is 35.9. The van der Waals surface area contributed by atoms with E-state index in [1.54, 1.807) is 6.08 Å². The number of aliphatic carboxylic acids is 1. The monoisotopic (exact) mass is 169 g/mol. The number of carbonyl (C=O) groups is 1. The minimum Gasteiger partial charge on any atom is -0.480 e. The zero-order chi connectivity index (χ0) is 9.19. The fourth-order valence-corrected chi connectivity index (χ4v) is 1.82. The molecule has 3 nitrogen and oxygen atoms in total. The Balaban J connectivity index is 2.82. The lowest BCUT2D eigenvalue weighted by atomic mass is 9.73. The van der Waals surface area contributed by atoms with E-state index in [0.29, 0.717) is 6.42 Å². The van der Waals surface area contributed by atoms with E-state index in [-0.39, 0.29) is 5.92 Å².